The molecule has 0 spiro atoms. The molecule has 1 atom stereocenters. The standard InChI is InChI=1S/C13H20N2O3S2/c1-15(2)20(16,17)11-5-6-12(14)13(8-11)19-9-10-4-3-7-18-10/h5-6,8,10H,3-4,7,9,14H2,1-2H3. The van der Waals surface area contributed by atoms with Crippen molar-refractivity contribution < 1.29 is 13.2 Å². The van der Waals surface area contributed by atoms with Crippen LogP contribution >= 0.6 is 11.8 Å². The molecule has 0 radical (unpaired) electrons. The van der Waals surface area contributed by atoms with E-state index in [2.05, 4.69) is 0 Å². The number of hydrogen-bond donors (Lipinski definition) is 1. The van der Waals surface area contributed by atoms with Crippen LogP contribution in [0.4, 0.5) is 5.69 Å². The van der Waals surface area contributed by atoms with Gasteiger partial charge >= 0.3 is 0 Å². The lowest BCUT2D eigenvalue weighted by atomic mass is 10.3. The maximum absolute atomic E-state index is 12.1. The first-order chi connectivity index (χ1) is 9.41. The summed E-state index contributed by atoms with van der Waals surface area (Å²) in [6.45, 7) is 0.815. The van der Waals surface area contributed by atoms with Gasteiger partial charge in [-0.15, -0.1) is 11.8 Å². The van der Waals surface area contributed by atoms with E-state index in [-0.39, 0.29) is 11.0 Å². The number of rotatable bonds is 5. The number of ether oxygens (including phenoxy) is 1. The molecule has 1 aromatic carbocycles. The summed E-state index contributed by atoms with van der Waals surface area (Å²) in [5, 5.41) is 0. The van der Waals surface area contributed by atoms with Gasteiger partial charge < -0.3 is 10.5 Å². The Bertz CT molecular complexity index is 567. The lowest BCUT2D eigenvalue weighted by Gasteiger charge is -2.14. The van der Waals surface area contributed by atoms with Gasteiger partial charge in [-0.3, -0.25) is 0 Å². The molecule has 20 heavy (non-hydrogen) atoms. The van der Waals surface area contributed by atoms with Crippen LogP contribution in [0.5, 0.6) is 0 Å². The predicted molar refractivity (Wildman–Crippen MR) is 81.4 cm³/mol. The Morgan fingerprint density at radius 3 is 2.80 bits per heavy atom. The fraction of sp³-hybridized carbons (Fsp3) is 0.538. The van der Waals surface area contributed by atoms with E-state index in [0.717, 1.165) is 30.1 Å². The fourth-order valence-electron chi connectivity index (χ4n) is 1.97. The minimum absolute atomic E-state index is 0.244. The van der Waals surface area contributed by atoms with Crippen LogP contribution in [0.25, 0.3) is 0 Å². The zero-order valence-corrected chi connectivity index (χ0v) is 13.3. The van der Waals surface area contributed by atoms with E-state index in [1.54, 1.807) is 30.0 Å². The smallest absolute Gasteiger partial charge is 0.242 e. The third-order valence-electron chi connectivity index (χ3n) is 3.21. The van der Waals surface area contributed by atoms with Crippen molar-refractivity contribution in [2.24, 2.45) is 0 Å². The molecule has 112 valence electrons. The summed E-state index contributed by atoms with van der Waals surface area (Å²) in [6, 6.07) is 4.83. The van der Waals surface area contributed by atoms with E-state index >= 15 is 0 Å². The molecule has 7 heteroatoms. The van der Waals surface area contributed by atoms with Gasteiger partial charge in [0.2, 0.25) is 10.0 Å². The summed E-state index contributed by atoms with van der Waals surface area (Å²) in [6.07, 6.45) is 2.40. The van der Waals surface area contributed by atoms with Crippen LogP contribution in [0.15, 0.2) is 28.0 Å². The number of sulfonamides is 1. The van der Waals surface area contributed by atoms with Gasteiger partial charge in [0, 0.05) is 37.0 Å². The molecule has 1 saturated heterocycles. The van der Waals surface area contributed by atoms with Crippen LogP contribution in [0.2, 0.25) is 0 Å². The van der Waals surface area contributed by atoms with E-state index in [1.807, 2.05) is 0 Å². The van der Waals surface area contributed by atoms with Crippen molar-refractivity contribution in [1.82, 2.24) is 4.31 Å². The maximum atomic E-state index is 12.1. The van der Waals surface area contributed by atoms with Crippen LogP contribution in [0.3, 0.4) is 0 Å². The Labute approximate surface area is 124 Å². The number of benzene rings is 1. The van der Waals surface area contributed by atoms with Crippen LogP contribution in [0.1, 0.15) is 12.8 Å². The SMILES string of the molecule is CN(C)S(=O)(=O)c1ccc(N)c(SCC2CCCO2)c1. The quantitative estimate of drug-likeness (QED) is 0.662. The van der Waals surface area contributed by atoms with Crippen molar-refractivity contribution in [3.63, 3.8) is 0 Å². The third kappa shape index (κ3) is 3.46. The molecule has 1 unspecified atom stereocenters. The molecule has 0 amide bonds. The highest BCUT2D eigenvalue weighted by Crippen LogP contribution is 2.30. The largest absolute Gasteiger partial charge is 0.398 e. The van der Waals surface area contributed by atoms with E-state index in [0.29, 0.717) is 5.69 Å². The maximum Gasteiger partial charge on any atom is 0.242 e. The van der Waals surface area contributed by atoms with Crippen LogP contribution < -0.4 is 5.73 Å². The molecule has 1 aliphatic rings. The lowest BCUT2D eigenvalue weighted by molar-refractivity contribution is 0.129. The predicted octanol–water partition coefficient (Wildman–Crippen LogP) is 1.79. The molecular weight excluding hydrogens is 296 g/mol. The summed E-state index contributed by atoms with van der Waals surface area (Å²) in [7, 11) is -0.383. The second kappa shape index (κ2) is 6.34. The first kappa shape index (κ1) is 15.6. The van der Waals surface area contributed by atoms with Crippen molar-refractivity contribution in [3.05, 3.63) is 18.2 Å². The zero-order chi connectivity index (χ0) is 14.8. The molecule has 1 fully saturated rings. The molecular formula is C13H20N2O3S2. The highest BCUT2D eigenvalue weighted by atomic mass is 32.2. The second-order valence-corrected chi connectivity index (χ2v) is 8.15. The normalized spacial score (nSPS) is 19.6. The van der Waals surface area contributed by atoms with Gasteiger partial charge in [0.25, 0.3) is 0 Å². The van der Waals surface area contributed by atoms with Gasteiger partial charge in [0.1, 0.15) is 0 Å². The molecule has 0 bridgehead atoms. The summed E-state index contributed by atoms with van der Waals surface area (Å²) in [4.78, 5) is 1.06. The Morgan fingerprint density at radius 1 is 1.45 bits per heavy atom. The number of nitrogens with two attached hydrogens (primary N) is 1. The molecule has 0 saturated carbocycles. The number of hydrogen-bond acceptors (Lipinski definition) is 5. The Kier molecular flexibility index (Phi) is 4.95. The molecule has 0 aliphatic carbocycles. The third-order valence-corrected chi connectivity index (χ3v) is 6.23. The van der Waals surface area contributed by atoms with E-state index < -0.39 is 10.0 Å². The average Bonchev–Trinajstić information content (AvgIpc) is 2.90. The van der Waals surface area contributed by atoms with Gasteiger partial charge in [-0.05, 0) is 31.0 Å². The highest BCUT2D eigenvalue weighted by molar-refractivity contribution is 7.99. The first-order valence-corrected chi connectivity index (χ1v) is 8.90. The van der Waals surface area contributed by atoms with E-state index in [4.69, 9.17) is 10.5 Å². The van der Waals surface area contributed by atoms with Gasteiger partial charge in [-0.1, -0.05) is 0 Å². The van der Waals surface area contributed by atoms with Gasteiger partial charge in [0.15, 0.2) is 0 Å². The fourth-order valence-corrected chi connectivity index (χ4v) is 4.05. The minimum Gasteiger partial charge on any atom is -0.398 e. The Morgan fingerprint density at radius 2 is 2.20 bits per heavy atom. The lowest BCUT2D eigenvalue weighted by Crippen LogP contribution is -2.22. The molecule has 2 rings (SSSR count). The van der Waals surface area contributed by atoms with E-state index in [9.17, 15) is 8.42 Å². The molecule has 1 heterocycles. The summed E-state index contributed by atoms with van der Waals surface area (Å²) in [5.41, 5.74) is 6.53. The number of anilines is 1. The first-order valence-electron chi connectivity index (χ1n) is 6.47. The van der Waals surface area contributed by atoms with Crippen molar-refractivity contribution in [1.29, 1.82) is 0 Å². The molecule has 5 nitrogen and oxygen atoms in total. The van der Waals surface area contributed by atoms with Gasteiger partial charge in [0.05, 0.1) is 11.0 Å². The van der Waals surface area contributed by atoms with Crippen LogP contribution in [0, 0.1) is 0 Å². The monoisotopic (exact) mass is 316 g/mol. The van der Waals surface area contributed by atoms with E-state index in [1.165, 1.54) is 18.4 Å². The zero-order valence-electron chi connectivity index (χ0n) is 11.7. The minimum atomic E-state index is -3.42. The number of nitrogen functional groups attached to an aromatic ring is 1. The Hall–Kier alpha value is -0.760. The molecule has 1 aliphatic heterocycles. The summed E-state index contributed by atoms with van der Waals surface area (Å²) in [5.74, 6) is 0.801. The highest BCUT2D eigenvalue weighted by Gasteiger charge is 2.20. The topological polar surface area (TPSA) is 72.6 Å². The Balaban J connectivity index is 2.16. The number of thioether (sulfide) groups is 1. The summed E-state index contributed by atoms with van der Waals surface area (Å²) >= 11 is 1.55. The van der Waals surface area contributed by atoms with Gasteiger partial charge in [-0.25, -0.2) is 12.7 Å². The van der Waals surface area contributed by atoms with Gasteiger partial charge in [-0.2, -0.15) is 0 Å². The molecule has 0 aromatic heterocycles. The molecule has 2 N–H and O–H groups in total. The summed E-state index contributed by atoms with van der Waals surface area (Å²) < 4.78 is 31.0. The van der Waals surface area contributed by atoms with Crippen molar-refractivity contribution in [2.45, 2.75) is 28.7 Å². The average molecular weight is 316 g/mol. The molecule has 1 aromatic rings. The van der Waals surface area contributed by atoms with Crippen LogP contribution in [-0.2, 0) is 14.8 Å². The van der Waals surface area contributed by atoms with Crippen molar-refractivity contribution >= 4 is 27.5 Å². The second-order valence-electron chi connectivity index (χ2n) is 4.93. The van der Waals surface area contributed by atoms with Crippen molar-refractivity contribution in [3.8, 4) is 0 Å². The number of nitrogens with zero attached hydrogens (tertiary/aromatic N) is 1. The van der Waals surface area contributed by atoms with Crippen molar-refractivity contribution in [2.75, 3.05) is 32.2 Å². The van der Waals surface area contributed by atoms with Crippen LogP contribution in [-0.4, -0.2) is 45.3 Å².